The highest BCUT2D eigenvalue weighted by molar-refractivity contribution is 6.03. The maximum Gasteiger partial charge on any atom is 0.277 e. The molecule has 1 amide bonds. The van der Waals surface area contributed by atoms with E-state index in [9.17, 15) is 13.6 Å². The largest absolute Gasteiger partial charge is 0.305 e. The zero-order valence-corrected chi connectivity index (χ0v) is 14.9. The van der Waals surface area contributed by atoms with Crippen LogP contribution in [-0.4, -0.2) is 25.7 Å². The fourth-order valence-corrected chi connectivity index (χ4v) is 2.83. The van der Waals surface area contributed by atoms with Crippen molar-refractivity contribution in [1.82, 2.24) is 19.7 Å². The summed E-state index contributed by atoms with van der Waals surface area (Å²) in [6, 6.07) is 10.4. The van der Waals surface area contributed by atoms with Crippen molar-refractivity contribution in [3.8, 4) is 0 Å². The zero-order chi connectivity index (χ0) is 19.7. The number of anilines is 1. The molecule has 0 saturated heterocycles. The topological polar surface area (TPSA) is 72.7 Å². The van der Waals surface area contributed by atoms with Crippen LogP contribution in [0.2, 0.25) is 0 Å². The Morgan fingerprint density at radius 1 is 1.11 bits per heavy atom. The molecule has 0 aliphatic carbocycles. The van der Waals surface area contributed by atoms with Gasteiger partial charge in [-0.05, 0) is 37.3 Å². The number of aryl methyl sites for hydroxylation is 1. The van der Waals surface area contributed by atoms with Gasteiger partial charge in [-0.15, -0.1) is 0 Å². The Kier molecular flexibility index (Phi) is 4.52. The average Bonchev–Trinajstić information content (AvgIpc) is 3.04. The van der Waals surface area contributed by atoms with Gasteiger partial charge in [0.2, 0.25) is 0 Å². The second-order valence-electron chi connectivity index (χ2n) is 6.27. The van der Waals surface area contributed by atoms with Gasteiger partial charge in [-0.25, -0.2) is 18.4 Å². The van der Waals surface area contributed by atoms with Crippen LogP contribution in [0.3, 0.4) is 0 Å². The Bertz CT molecular complexity index is 1190. The SMILES string of the molecule is Cc1cnn(Cc2cc(F)ccc2F)c1NC(=O)c1cnc2ccccc2n1. The molecule has 4 aromatic rings. The second kappa shape index (κ2) is 7.15. The first-order valence-electron chi connectivity index (χ1n) is 8.51. The van der Waals surface area contributed by atoms with Gasteiger partial charge in [0.25, 0.3) is 5.91 Å². The first kappa shape index (κ1) is 17.7. The number of halogens is 2. The number of fused-ring (bicyclic) bond motifs is 1. The maximum absolute atomic E-state index is 14.0. The van der Waals surface area contributed by atoms with Crippen LogP contribution in [0.15, 0.2) is 54.9 Å². The minimum Gasteiger partial charge on any atom is -0.305 e. The predicted molar refractivity (Wildman–Crippen MR) is 99.9 cm³/mol. The van der Waals surface area contributed by atoms with Crippen LogP contribution in [0.5, 0.6) is 0 Å². The number of rotatable bonds is 4. The van der Waals surface area contributed by atoms with Crippen LogP contribution >= 0.6 is 0 Å². The second-order valence-corrected chi connectivity index (χ2v) is 6.27. The number of para-hydroxylation sites is 2. The molecular weight excluding hydrogens is 364 g/mol. The van der Waals surface area contributed by atoms with Crippen molar-refractivity contribution < 1.29 is 13.6 Å². The van der Waals surface area contributed by atoms with E-state index >= 15 is 0 Å². The zero-order valence-electron chi connectivity index (χ0n) is 14.9. The van der Waals surface area contributed by atoms with Crippen LogP contribution in [-0.2, 0) is 6.54 Å². The lowest BCUT2D eigenvalue weighted by molar-refractivity contribution is 0.102. The molecule has 0 aliphatic heterocycles. The number of benzene rings is 2. The van der Waals surface area contributed by atoms with E-state index in [4.69, 9.17) is 0 Å². The Morgan fingerprint density at radius 3 is 2.71 bits per heavy atom. The van der Waals surface area contributed by atoms with E-state index in [2.05, 4.69) is 20.4 Å². The summed E-state index contributed by atoms with van der Waals surface area (Å²) in [7, 11) is 0. The van der Waals surface area contributed by atoms with E-state index in [0.717, 1.165) is 18.2 Å². The molecule has 0 spiro atoms. The van der Waals surface area contributed by atoms with Gasteiger partial charge in [-0.1, -0.05) is 12.1 Å². The highest BCUT2D eigenvalue weighted by Gasteiger charge is 2.16. The molecule has 0 saturated carbocycles. The summed E-state index contributed by atoms with van der Waals surface area (Å²) in [6.45, 7) is 1.73. The Morgan fingerprint density at radius 2 is 1.89 bits per heavy atom. The van der Waals surface area contributed by atoms with E-state index in [0.29, 0.717) is 22.4 Å². The third-order valence-corrected chi connectivity index (χ3v) is 4.26. The summed E-state index contributed by atoms with van der Waals surface area (Å²) in [4.78, 5) is 21.2. The molecule has 140 valence electrons. The van der Waals surface area contributed by atoms with E-state index in [-0.39, 0.29) is 17.8 Å². The highest BCUT2D eigenvalue weighted by Crippen LogP contribution is 2.19. The molecule has 0 radical (unpaired) electrons. The highest BCUT2D eigenvalue weighted by atomic mass is 19.1. The molecule has 6 nitrogen and oxygen atoms in total. The Hall–Kier alpha value is -3.68. The van der Waals surface area contributed by atoms with Crippen molar-refractivity contribution in [1.29, 1.82) is 0 Å². The van der Waals surface area contributed by atoms with Gasteiger partial charge in [-0.3, -0.25) is 9.78 Å². The molecule has 2 aromatic heterocycles. The molecule has 8 heteroatoms. The summed E-state index contributed by atoms with van der Waals surface area (Å²) in [5.41, 5.74) is 2.23. The molecule has 0 bridgehead atoms. The van der Waals surface area contributed by atoms with Crippen LogP contribution in [0.1, 0.15) is 21.6 Å². The molecule has 2 heterocycles. The smallest absolute Gasteiger partial charge is 0.277 e. The molecule has 2 aromatic carbocycles. The molecule has 4 rings (SSSR count). The number of nitrogens with zero attached hydrogens (tertiary/aromatic N) is 4. The molecule has 0 unspecified atom stereocenters. The number of amides is 1. The molecule has 1 N–H and O–H groups in total. The maximum atomic E-state index is 14.0. The summed E-state index contributed by atoms with van der Waals surface area (Å²) < 4.78 is 28.8. The number of hydrogen-bond donors (Lipinski definition) is 1. The number of aromatic nitrogens is 4. The summed E-state index contributed by atoms with van der Waals surface area (Å²) in [6.07, 6.45) is 2.93. The van der Waals surface area contributed by atoms with Crippen LogP contribution < -0.4 is 5.32 Å². The average molecular weight is 379 g/mol. The Balaban J connectivity index is 1.61. The van der Waals surface area contributed by atoms with Crippen molar-refractivity contribution in [3.63, 3.8) is 0 Å². The van der Waals surface area contributed by atoms with Crippen molar-refractivity contribution in [3.05, 3.63) is 83.3 Å². The molecule has 0 atom stereocenters. The van der Waals surface area contributed by atoms with Crippen molar-refractivity contribution in [2.45, 2.75) is 13.5 Å². The van der Waals surface area contributed by atoms with Gasteiger partial charge >= 0.3 is 0 Å². The van der Waals surface area contributed by atoms with Crippen molar-refractivity contribution in [2.75, 3.05) is 5.32 Å². The summed E-state index contributed by atoms with van der Waals surface area (Å²) in [5.74, 6) is -1.18. The molecular formula is C20H15F2N5O. The summed E-state index contributed by atoms with van der Waals surface area (Å²) in [5, 5.41) is 6.89. The predicted octanol–water partition coefficient (Wildman–Crippen LogP) is 3.71. The normalized spacial score (nSPS) is 11.0. The van der Waals surface area contributed by atoms with Gasteiger partial charge in [0.1, 0.15) is 23.1 Å². The van der Waals surface area contributed by atoms with E-state index < -0.39 is 17.5 Å². The van der Waals surface area contributed by atoms with E-state index in [1.807, 2.05) is 12.1 Å². The minimum atomic E-state index is -0.549. The minimum absolute atomic E-state index is 0.0313. The monoisotopic (exact) mass is 379 g/mol. The quantitative estimate of drug-likeness (QED) is 0.587. The standard InChI is InChI=1S/C20H15F2N5O/c1-12-9-24-27(11-13-8-14(21)6-7-15(13)22)19(12)26-20(28)18-10-23-16-4-2-3-5-17(16)25-18/h2-10H,11H2,1H3,(H,26,28). The van der Waals surface area contributed by atoms with E-state index in [1.165, 1.54) is 10.9 Å². The van der Waals surface area contributed by atoms with Crippen molar-refractivity contribution in [2.24, 2.45) is 0 Å². The lowest BCUT2D eigenvalue weighted by Crippen LogP contribution is -2.18. The first-order chi connectivity index (χ1) is 13.5. The van der Waals surface area contributed by atoms with Gasteiger partial charge in [-0.2, -0.15) is 5.10 Å². The fraction of sp³-hybridized carbons (Fsp3) is 0.100. The third kappa shape index (κ3) is 3.44. The van der Waals surface area contributed by atoms with Gasteiger partial charge < -0.3 is 5.32 Å². The van der Waals surface area contributed by atoms with Crippen LogP contribution in [0, 0.1) is 18.6 Å². The van der Waals surface area contributed by atoms with Crippen LogP contribution in [0.4, 0.5) is 14.6 Å². The van der Waals surface area contributed by atoms with Crippen LogP contribution in [0.25, 0.3) is 11.0 Å². The lowest BCUT2D eigenvalue weighted by Gasteiger charge is -2.11. The first-order valence-corrected chi connectivity index (χ1v) is 8.51. The molecule has 0 fully saturated rings. The van der Waals surface area contributed by atoms with Crippen molar-refractivity contribution >= 4 is 22.8 Å². The number of hydrogen-bond acceptors (Lipinski definition) is 4. The lowest BCUT2D eigenvalue weighted by atomic mass is 10.2. The van der Waals surface area contributed by atoms with Gasteiger partial charge in [0.15, 0.2) is 0 Å². The Labute approximate surface area is 158 Å². The van der Waals surface area contributed by atoms with E-state index in [1.54, 1.807) is 25.3 Å². The van der Waals surface area contributed by atoms with Gasteiger partial charge in [0, 0.05) is 11.1 Å². The number of carbonyl (C=O) groups excluding carboxylic acids is 1. The summed E-state index contributed by atoms with van der Waals surface area (Å²) >= 11 is 0. The number of nitrogens with one attached hydrogen (secondary N) is 1. The number of carbonyl (C=O) groups is 1. The molecule has 0 aliphatic rings. The van der Waals surface area contributed by atoms with Gasteiger partial charge in [0.05, 0.1) is 30.0 Å². The molecule has 28 heavy (non-hydrogen) atoms. The third-order valence-electron chi connectivity index (χ3n) is 4.26. The fourth-order valence-electron chi connectivity index (χ4n) is 2.83.